The van der Waals surface area contributed by atoms with Crippen molar-refractivity contribution in [2.24, 2.45) is 0 Å². The second-order valence-electron chi connectivity index (χ2n) is 6.93. The molecule has 0 aliphatic heterocycles. The Hall–Kier alpha value is -2.93. The van der Waals surface area contributed by atoms with Crippen LogP contribution in [0, 0.1) is 0 Å². The summed E-state index contributed by atoms with van der Waals surface area (Å²) in [6.07, 6.45) is 3.69. The highest BCUT2D eigenvalue weighted by molar-refractivity contribution is 9.10. The molecular formula is C22H23BrN4O2. The first-order valence-corrected chi connectivity index (χ1v) is 10.1. The second kappa shape index (κ2) is 9.52. The Bertz CT molecular complexity index is 970. The lowest BCUT2D eigenvalue weighted by Gasteiger charge is -2.21. The lowest BCUT2D eigenvalue weighted by Crippen LogP contribution is -2.45. The Morgan fingerprint density at radius 2 is 1.79 bits per heavy atom. The molecule has 29 heavy (non-hydrogen) atoms. The number of rotatable bonds is 7. The van der Waals surface area contributed by atoms with E-state index in [0.29, 0.717) is 18.7 Å². The molecule has 0 fully saturated rings. The standard InChI is InChI=1S/C22H23BrN4O2/c1-16(25-21(28)19-8-10-20(23)11-9-19)22(29)26(2)13-18-12-24-27(15-18)14-17-6-4-3-5-7-17/h3-12,15-16H,13-14H2,1-2H3,(H,25,28)/t16-/m0/s1. The van der Waals surface area contributed by atoms with Crippen molar-refractivity contribution in [1.82, 2.24) is 20.0 Å². The fourth-order valence-electron chi connectivity index (χ4n) is 2.97. The molecule has 2 aromatic carbocycles. The highest BCUT2D eigenvalue weighted by Gasteiger charge is 2.20. The highest BCUT2D eigenvalue weighted by atomic mass is 79.9. The van der Waals surface area contributed by atoms with Gasteiger partial charge in [-0.15, -0.1) is 0 Å². The summed E-state index contributed by atoms with van der Waals surface area (Å²) >= 11 is 3.34. The van der Waals surface area contributed by atoms with Crippen LogP contribution in [-0.2, 0) is 17.9 Å². The van der Waals surface area contributed by atoms with E-state index in [1.165, 1.54) is 0 Å². The molecule has 3 aromatic rings. The average molecular weight is 455 g/mol. The summed E-state index contributed by atoms with van der Waals surface area (Å²) in [6.45, 7) is 2.79. The van der Waals surface area contributed by atoms with Crippen LogP contribution in [0.4, 0.5) is 0 Å². The van der Waals surface area contributed by atoms with Gasteiger partial charge in [0, 0.05) is 35.4 Å². The van der Waals surface area contributed by atoms with Crippen LogP contribution in [0.2, 0.25) is 0 Å². The minimum Gasteiger partial charge on any atom is -0.341 e. The molecule has 0 bridgehead atoms. The first-order valence-electron chi connectivity index (χ1n) is 9.29. The number of hydrogen-bond donors (Lipinski definition) is 1. The van der Waals surface area contributed by atoms with Gasteiger partial charge in [0.25, 0.3) is 5.91 Å². The molecule has 1 aromatic heterocycles. The zero-order valence-electron chi connectivity index (χ0n) is 16.4. The normalized spacial score (nSPS) is 11.7. The van der Waals surface area contributed by atoms with Crippen molar-refractivity contribution in [1.29, 1.82) is 0 Å². The number of carbonyl (C=O) groups excluding carboxylic acids is 2. The molecule has 0 aliphatic carbocycles. The Labute approximate surface area is 178 Å². The van der Waals surface area contributed by atoms with Gasteiger partial charge < -0.3 is 10.2 Å². The maximum Gasteiger partial charge on any atom is 0.251 e. The van der Waals surface area contributed by atoms with E-state index in [2.05, 4.69) is 26.3 Å². The number of hydrogen-bond acceptors (Lipinski definition) is 3. The van der Waals surface area contributed by atoms with Crippen molar-refractivity contribution in [3.05, 3.63) is 88.2 Å². The number of likely N-dealkylation sites (N-methyl/N-ethyl adjacent to an activating group) is 1. The van der Waals surface area contributed by atoms with Crippen LogP contribution >= 0.6 is 15.9 Å². The Morgan fingerprint density at radius 1 is 1.10 bits per heavy atom. The van der Waals surface area contributed by atoms with E-state index in [-0.39, 0.29) is 11.8 Å². The quantitative estimate of drug-likeness (QED) is 0.594. The topological polar surface area (TPSA) is 67.2 Å². The fraction of sp³-hybridized carbons (Fsp3) is 0.227. The summed E-state index contributed by atoms with van der Waals surface area (Å²) in [5, 5.41) is 7.12. The van der Waals surface area contributed by atoms with Crippen molar-refractivity contribution in [3.63, 3.8) is 0 Å². The summed E-state index contributed by atoms with van der Waals surface area (Å²) in [5.41, 5.74) is 2.61. The maximum atomic E-state index is 12.6. The lowest BCUT2D eigenvalue weighted by molar-refractivity contribution is -0.132. The van der Waals surface area contributed by atoms with E-state index in [4.69, 9.17) is 0 Å². The first kappa shape index (κ1) is 20.8. The molecule has 2 amide bonds. The highest BCUT2D eigenvalue weighted by Crippen LogP contribution is 2.11. The van der Waals surface area contributed by atoms with E-state index in [9.17, 15) is 9.59 Å². The first-order chi connectivity index (χ1) is 13.9. The molecule has 3 rings (SSSR count). The number of aromatic nitrogens is 2. The van der Waals surface area contributed by atoms with Gasteiger partial charge in [-0.25, -0.2) is 0 Å². The van der Waals surface area contributed by atoms with Crippen LogP contribution in [-0.4, -0.2) is 39.6 Å². The van der Waals surface area contributed by atoms with Gasteiger partial charge in [0.15, 0.2) is 0 Å². The van der Waals surface area contributed by atoms with Crippen molar-refractivity contribution in [2.45, 2.75) is 26.1 Å². The molecule has 0 radical (unpaired) electrons. The monoisotopic (exact) mass is 454 g/mol. The molecule has 6 nitrogen and oxygen atoms in total. The molecule has 0 saturated carbocycles. The molecular weight excluding hydrogens is 432 g/mol. The van der Waals surface area contributed by atoms with Crippen LogP contribution in [0.1, 0.15) is 28.4 Å². The van der Waals surface area contributed by atoms with Crippen LogP contribution in [0.5, 0.6) is 0 Å². The predicted molar refractivity (Wildman–Crippen MR) is 115 cm³/mol. The lowest BCUT2D eigenvalue weighted by atomic mass is 10.2. The van der Waals surface area contributed by atoms with Gasteiger partial charge in [0.2, 0.25) is 5.91 Å². The molecule has 0 saturated heterocycles. The van der Waals surface area contributed by atoms with Gasteiger partial charge in [-0.1, -0.05) is 46.3 Å². The minimum atomic E-state index is -0.629. The van der Waals surface area contributed by atoms with Crippen molar-refractivity contribution in [2.75, 3.05) is 7.05 Å². The third-order valence-corrected chi connectivity index (χ3v) is 5.02. The third-order valence-electron chi connectivity index (χ3n) is 4.49. The largest absolute Gasteiger partial charge is 0.341 e. The Balaban J connectivity index is 1.54. The number of nitrogens with zero attached hydrogens (tertiary/aromatic N) is 3. The Kier molecular flexibility index (Phi) is 6.82. The number of amides is 2. The maximum absolute atomic E-state index is 12.6. The smallest absolute Gasteiger partial charge is 0.251 e. The number of carbonyl (C=O) groups is 2. The van der Waals surface area contributed by atoms with Gasteiger partial charge >= 0.3 is 0 Å². The molecule has 0 aliphatic rings. The van der Waals surface area contributed by atoms with E-state index in [0.717, 1.165) is 15.6 Å². The van der Waals surface area contributed by atoms with Crippen molar-refractivity contribution < 1.29 is 9.59 Å². The van der Waals surface area contributed by atoms with Gasteiger partial charge in [0.05, 0.1) is 12.7 Å². The Morgan fingerprint density at radius 3 is 2.48 bits per heavy atom. The number of halogens is 1. The molecule has 0 unspecified atom stereocenters. The van der Waals surface area contributed by atoms with Crippen LogP contribution in [0.15, 0.2) is 71.5 Å². The van der Waals surface area contributed by atoms with Gasteiger partial charge in [0.1, 0.15) is 6.04 Å². The molecule has 1 atom stereocenters. The SMILES string of the molecule is C[C@H](NC(=O)c1ccc(Br)cc1)C(=O)N(C)Cc1cnn(Cc2ccccc2)c1. The predicted octanol–water partition coefficient (Wildman–Crippen LogP) is 3.47. The summed E-state index contributed by atoms with van der Waals surface area (Å²) < 4.78 is 2.74. The van der Waals surface area contributed by atoms with Gasteiger partial charge in [-0.05, 0) is 36.8 Å². The zero-order valence-corrected chi connectivity index (χ0v) is 18.0. The van der Waals surface area contributed by atoms with Crippen molar-refractivity contribution >= 4 is 27.7 Å². The minimum absolute atomic E-state index is 0.161. The summed E-state index contributed by atoms with van der Waals surface area (Å²) in [4.78, 5) is 26.6. The van der Waals surface area contributed by atoms with Crippen LogP contribution < -0.4 is 5.32 Å². The van der Waals surface area contributed by atoms with Gasteiger partial charge in [-0.2, -0.15) is 5.10 Å². The molecule has 1 heterocycles. The molecule has 7 heteroatoms. The van der Waals surface area contributed by atoms with E-state index in [1.54, 1.807) is 49.3 Å². The zero-order chi connectivity index (χ0) is 20.8. The molecule has 150 valence electrons. The third kappa shape index (κ3) is 5.77. The molecule has 1 N–H and O–H groups in total. The summed E-state index contributed by atoms with van der Waals surface area (Å²) in [6, 6.07) is 16.4. The fourth-order valence-corrected chi connectivity index (χ4v) is 3.23. The molecule has 0 spiro atoms. The van der Waals surface area contributed by atoms with E-state index >= 15 is 0 Å². The van der Waals surface area contributed by atoms with E-state index < -0.39 is 6.04 Å². The van der Waals surface area contributed by atoms with Crippen LogP contribution in [0.25, 0.3) is 0 Å². The number of nitrogens with one attached hydrogen (secondary N) is 1. The average Bonchev–Trinajstić information content (AvgIpc) is 3.15. The van der Waals surface area contributed by atoms with Crippen molar-refractivity contribution in [3.8, 4) is 0 Å². The summed E-state index contributed by atoms with van der Waals surface area (Å²) in [5.74, 6) is -0.436. The second-order valence-corrected chi connectivity index (χ2v) is 7.84. The van der Waals surface area contributed by atoms with Crippen LogP contribution in [0.3, 0.4) is 0 Å². The number of benzene rings is 2. The van der Waals surface area contributed by atoms with E-state index in [1.807, 2.05) is 41.2 Å². The van der Waals surface area contributed by atoms with Gasteiger partial charge in [-0.3, -0.25) is 14.3 Å². The summed E-state index contributed by atoms with van der Waals surface area (Å²) in [7, 11) is 1.72.